The zero-order valence-corrected chi connectivity index (χ0v) is 24.8. The third-order valence-electron chi connectivity index (χ3n) is 8.46. The smallest absolute Gasteiger partial charge is 0.255 e. The Kier molecular flexibility index (Phi) is 8.61. The van der Waals surface area contributed by atoms with E-state index in [0.29, 0.717) is 11.1 Å². The first-order valence-corrected chi connectivity index (χ1v) is 14.4. The molecule has 0 aliphatic carbocycles. The fourth-order valence-corrected chi connectivity index (χ4v) is 5.91. The summed E-state index contributed by atoms with van der Waals surface area (Å²) in [6, 6.07) is 19.3. The third kappa shape index (κ3) is 6.24. The van der Waals surface area contributed by atoms with Gasteiger partial charge in [0, 0.05) is 50.0 Å². The standard InChI is InChI=1S/C33H41N5O3/c1-23-21-26(33(40)37(4)31-7-6-16-36(31)3)12-14-28(23)24-8-10-25(11-9-24)32(39)34-27-13-15-30(41-5)29(22-27)38-19-17-35(2)18-20-38/h8-15,21-22,31H,6-7,16-20H2,1-5H3,(H,34,39). The number of rotatable bonds is 7. The summed E-state index contributed by atoms with van der Waals surface area (Å²) < 4.78 is 5.60. The molecule has 3 aromatic carbocycles. The summed E-state index contributed by atoms with van der Waals surface area (Å²) in [5.41, 5.74) is 6.07. The predicted octanol–water partition coefficient (Wildman–Crippen LogP) is 4.80. The molecule has 8 heteroatoms. The van der Waals surface area contributed by atoms with Gasteiger partial charge in [-0.25, -0.2) is 0 Å². The maximum absolute atomic E-state index is 13.1. The Balaban J connectivity index is 1.27. The molecule has 1 unspecified atom stereocenters. The predicted molar refractivity (Wildman–Crippen MR) is 165 cm³/mol. The van der Waals surface area contributed by atoms with Gasteiger partial charge in [-0.05, 0) is 99.6 Å². The summed E-state index contributed by atoms with van der Waals surface area (Å²) in [5.74, 6) is 0.681. The van der Waals surface area contributed by atoms with Crippen molar-refractivity contribution in [2.45, 2.75) is 25.9 Å². The molecule has 2 saturated heterocycles. The van der Waals surface area contributed by atoms with Gasteiger partial charge in [0.05, 0.1) is 19.0 Å². The van der Waals surface area contributed by atoms with Crippen LogP contribution in [0.2, 0.25) is 0 Å². The van der Waals surface area contributed by atoms with Gasteiger partial charge >= 0.3 is 0 Å². The van der Waals surface area contributed by atoms with E-state index in [4.69, 9.17) is 4.74 Å². The fraction of sp³-hybridized carbons (Fsp3) is 0.394. The van der Waals surface area contributed by atoms with Gasteiger partial charge in [0.1, 0.15) is 5.75 Å². The maximum Gasteiger partial charge on any atom is 0.255 e. The number of ether oxygens (including phenoxy) is 1. The van der Waals surface area contributed by atoms with Gasteiger partial charge in [0.15, 0.2) is 0 Å². The van der Waals surface area contributed by atoms with Crippen molar-refractivity contribution >= 4 is 23.2 Å². The van der Waals surface area contributed by atoms with E-state index < -0.39 is 0 Å². The highest BCUT2D eigenvalue weighted by molar-refractivity contribution is 6.05. The van der Waals surface area contributed by atoms with Gasteiger partial charge in [-0.2, -0.15) is 0 Å². The van der Waals surface area contributed by atoms with Crippen molar-refractivity contribution in [1.29, 1.82) is 0 Å². The number of carbonyl (C=O) groups excluding carboxylic acids is 2. The lowest BCUT2D eigenvalue weighted by Crippen LogP contribution is -2.44. The Labute approximate surface area is 243 Å². The highest BCUT2D eigenvalue weighted by atomic mass is 16.5. The van der Waals surface area contributed by atoms with E-state index >= 15 is 0 Å². The second-order valence-electron chi connectivity index (χ2n) is 11.3. The molecular formula is C33H41N5O3. The number of anilines is 2. The molecule has 2 heterocycles. The van der Waals surface area contributed by atoms with Crippen molar-refractivity contribution < 1.29 is 14.3 Å². The molecule has 2 amide bonds. The minimum absolute atomic E-state index is 0.0414. The zero-order valence-electron chi connectivity index (χ0n) is 24.8. The molecule has 0 saturated carbocycles. The first-order valence-electron chi connectivity index (χ1n) is 14.4. The number of nitrogens with one attached hydrogen (secondary N) is 1. The molecule has 0 bridgehead atoms. The number of carbonyl (C=O) groups is 2. The largest absolute Gasteiger partial charge is 0.495 e. The average Bonchev–Trinajstić information content (AvgIpc) is 3.42. The number of aryl methyl sites for hydroxylation is 1. The first-order chi connectivity index (χ1) is 19.7. The number of amides is 2. The van der Waals surface area contributed by atoms with Crippen molar-refractivity contribution in [2.75, 3.05) is 71.2 Å². The molecular weight excluding hydrogens is 514 g/mol. The number of likely N-dealkylation sites (tertiary alicyclic amines) is 1. The highest BCUT2D eigenvalue weighted by Gasteiger charge is 2.28. The van der Waals surface area contributed by atoms with Crippen molar-refractivity contribution in [2.24, 2.45) is 0 Å². The minimum Gasteiger partial charge on any atom is -0.495 e. The van der Waals surface area contributed by atoms with Crippen molar-refractivity contribution in [3.8, 4) is 16.9 Å². The van der Waals surface area contributed by atoms with E-state index in [2.05, 4.69) is 34.1 Å². The van der Waals surface area contributed by atoms with Crippen molar-refractivity contribution in [1.82, 2.24) is 14.7 Å². The maximum atomic E-state index is 13.1. The molecule has 1 N–H and O–H groups in total. The number of methoxy groups -OCH3 is 1. The number of piperazine rings is 1. The van der Waals surface area contributed by atoms with Crippen LogP contribution >= 0.6 is 0 Å². The molecule has 1 atom stereocenters. The topological polar surface area (TPSA) is 68.4 Å². The van der Waals surface area contributed by atoms with E-state index in [0.717, 1.165) is 79.4 Å². The van der Waals surface area contributed by atoms with Gasteiger partial charge in [-0.3, -0.25) is 14.5 Å². The summed E-state index contributed by atoms with van der Waals surface area (Å²) in [6.45, 7) is 6.84. The Morgan fingerprint density at radius 1 is 0.902 bits per heavy atom. The van der Waals surface area contributed by atoms with Crippen molar-refractivity contribution in [3.63, 3.8) is 0 Å². The summed E-state index contributed by atoms with van der Waals surface area (Å²) in [7, 11) is 7.77. The van der Waals surface area contributed by atoms with Crippen LogP contribution in [0.1, 0.15) is 39.1 Å². The Morgan fingerprint density at radius 2 is 1.61 bits per heavy atom. The van der Waals surface area contributed by atoms with Gasteiger partial charge in [0.25, 0.3) is 11.8 Å². The second-order valence-corrected chi connectivity index (χ2v) is 11.3. The number of likely N-dealkylation sites (N-methyl/N-ethyl adjacent to an activating group) is 1. The van der Waals surface area contributed by atoms with Crippen LogP contribution in [0.3, 0.4) is 0 Å². The van der Waals surface area contributed by atoms with Crippen LogP contribution in [-0.4, -0.2) is 93.7 Å². The summed E-state index contributed by atoms with van der Waals surface area (Å²) >= 11 is 0. The van der Waals surface area contributed by atoms with Crippen LogP contribution in [0.15, 0.2) is 60.7 Å². The van der Waals surface area contributed by atoms with E-state index in [1.54, 1.807) is 7.11 Å². The summed E-state index contributed by atoms with van der Waals surface area (Å²) in [6.07, 6.45) is 2.27. The summed E-state index contributed by atoms with van der Waals surface area (Å²) in [5, 5.41) is 3.05. The van der Waals surface area contributed by atoms with E-state index in [1.165, 1.54) is 0 Å². The van der Waals surface area contributed by atoms with Crippen LogP contribution in [0, 0.1) is 6.92 Å². The van der Waals surface area contributed by atoms with Crippen molar-refractivity contribution in [3.05, 3.63) is 77.4 Å². The SMILES string of the molecule is COc1ccc(NC(=O)c2ccc(-c3ccc(C(=O)N(C)C4CCCN4C)cc3C)cc2)cc1N1CCN(C)CC1. The Hall–Kier alpha value is -3.88. The summed E-state index contributed by atoms with van der Waals surface area (Å²) in [4.78, 5) is 35.0. The highest BCUT2D eigenvalue weighted by Crippen LogP contribution is 2.32. The quantitative estimate of drug-likeness (QED) is 0.452. The minimum atomic E-state index is -0.163. The molecule has 2 fully saturated rings. The molecule has 0 radical (unpaired) electrons. The van der Waals surface area contributed by atoms with Gasteiger partial charge in [-0.15, -0.1) is 0 Å². The average molecular weight is 556 g/mol. The lowest BCUT2D eigenvalue weighted by Gasteiger charge is -2.34. The molecule has 216 valence electrons. The molecule has 2 aliphatic rings. The monoisotopic (exact) mass is 555 g/mol. The number of nitrogens with zero attached hydrogens (tertiary/aromatic N) is 4. The van der Waals surface area contributed by atoms with E-state index in [1.807, 2.05) is 79.5 Å². The molecule has 3 aromatic rings. The fourth-order valence-electron chi connectivity index (χ4n) is 5.91. The third-order valence-corrected chi connectivity index (χ3v) is 8.46. The van der Waals surface area contributed by atoms with E-state index in [-0.39, 0.29) is 18.0 Å². The normalized spacial score (nSPS) is 17.9. The first kappa shape index (κ1) is 28.6. The van der Waals surface area contributed by atoms with Gasteiger partial charge < -0.3 is 24.8 Å². The number of hydrogen-bond donors (Lipinski definition) is 1. The van der Waals surface area contributed by atoms with Crippen LogP contribution in [-0.2, 0) is 0 Å². The lowest BCUT2D eigenvalue weighted by molar-refractivity contribution is 0.0585. The molecule has 0 aromatic heterocycles. The molecule has 5 rings (SSSR count). The van der Waals surface area contributed by atoms with Crippen LogP contribution < -0.4 is 15.0 Å². The zero-order chi connectivity index (χ0) is 29.1. The Morgan fingerprint density at radius 3 is 2.24 bits per heavy atom. The molecule has 0 spiro atoms. The van der Waals surface area contributed by atoms with Crippen LogP contribution in [0.25, 0.3) is 11.1 Å². The molecule has 2 aliphatic heterocycles. The Bertz CT molecular complexity index is 1400. The van der Waals surface area contributed by atoms with Gasteiger partial charge in [0.2, 0.25) is 0 Å². The number of hydrogen-bond acceptors (Lipinski definition) is 6. The lowest BCUT2D eigenvalue weighted by atomic mass is 9.97. The van der Waals surface area contributed by atoms with E-state index in [9.17, 15) is 9.59 Å². The van der Waals surface area contributed by atoms with Crippen LogP contribution in [0.5, 0.6) is 5.75 Å². The molecule has 41 heavy (non-hydrogen) atoms. The number of benzene rings is 3. The molecule has 8 nitrogen and oxygen atoms in total. The van der Waals surface area contributed by atoms with Crippen LogP contribution in [0.4, 0.5) is 11.4 Å². The van der Waals surface area contributed by atoms with Gasteiger partial charge in [-0.1, -0.05) is 18.2 Å². The second kappa shape index (κ2) is 12.3.